The van der Waals surface area contributed by atoms with Crippen LogP contribution < -0.4 is 51.4 Å². The van der Waals surface area contributed by atoms with E-state index in [1.54, 1.807) is 0 Å². The number of alkyl halides is 2. The molecule has 15 heavy (non-hydrogen) atoms. The second-order valence-electron chi connectivity index (χ2n) is 3.55. The zero-order valence-electron chi connectivity index (χ0n) is 8.45. The summed E-state index contributed by atoms with van der Waals surface area (Å²) in [6.07, 6.45) is -0.370. The maximum Gasteiger partial charge on any atom is 1.00 e. The molecule has 0 aromatic rings. The predicted octanol–water partition coefficient (Wildman–Crippen LogP) is -0.726. The van der Waals surface area contributed by atoms with Crippen LogP contribution in [-0.2, 0) is 0 Å². The van der Waals surface area contributed by atoms with Crippen molar-refractivity contribution in [3.8, 4) is 0 Å². The van der Waals surface area contributed by atoms with E-state index in [1.807, 2.05) is 0 Å². The Kier molecular flexibility index (Phi) is 5.98. The molecule has 0 spiro atoms. The molecule has 0 aromatic heterocycles. The molecule has 1 aliphatic rings. The van der Waals surface area contributed by atoms with Gasteiger partial charge in [0.2, 0.25) is 0 Å². The smallest absolute Gasteiger partial charge is 0.445 e. The van der Waals surface area contributed by atoms with Gasteiger partial charge >= 0.3 is 58.4 Å². The molecule has 1 saturated heterocycles. The van der Waals surface area contributed by atoms with Gasteiger partial charge < -0.3 is 12.9 Å². The van der Waals surface area contributed by atoms with Crippen molar-refractivity contribution in [1.29, 1.82) is 0 Å². The molecule has 0 aromatic carbocycles. The van der Waals surface area contributed by atoms with Gasteiger partial charge in [-0.25, -0.2) is 8.78 Å². The number of hydrogen-bond donors (Lipinski definition) is 0. The molecule has 1 fully saturated rings. The molecule has 0 N–H and O–H groups in total. The molecule has 1 heterocycles. The minimum absolute atomic E-state index is 0. The van der Waals surface area contributed by atoms with Gasteiger partial charge in [-0.3, -0.25) is 4.90 Å². The van der Waals surface area contributed by atoms with E-state index < -0.39 is 31.5 Å². The van der Waals surface area contributed by atoms with Crippen molar-refractivity contribution in [2.24, 2.45) is 0 Å². The third kappa shape index (κ3) is 5.27. The van der Waals surface area contributed by atoms with Crippen molar-refractivity contribution in [3.05, 3.63) is 12.1 Å². The monoisotopic (exact) mass is 253 g/mol. The summed E-state index contributed by atoms with van der Waals surface area (Å²) in [5, 5.41) is 0. The molecule has 0 aliphatic carbocycles. The molecule has 1 aliphatic heterocycles. The Morgan fingerprint density at radius 1 is 1.33 bits per heavy atom. The predicted molar refractivity (Wildman–Crippen MR) is 44.2 cm³/mol. The fourth-order valence-electron chi connectivity index (χ4n) is 1.33. The Hall–Kier alpha value is 1.05. The number of hydrogen-bond acceptors (Lipinski definition) is 1. The zero-order chi connectivity index (χ0) is 11.0. The Balaban J connectivity index is 0.00000196. The van der Waals surface area contributed by atoms with Crippen molar-refractivity contribution in [2.75, 3.05) is 19.6 Å². The SMILES string of the molecule is C=C(CN1CCC(F)(F)C1)[B-](F)(F)F.[K+]. The molecule has 0 unspecified atom stereocenters. The van der Waals surface area contributed by atoms with Crippen LogP contribution >= 0.6 is 0 Å². The van der Waals surface area contributed by atoms with Gasteiger partial charge in [-0.1, -0.05) is 0 Å². The van der Waals surface area contributed by atoms with Crippen LogP contribution in [0.15, 0.2) is 12.1 Å². The first-order valence-electron chi connectivity index (χ1n) is 4.18. The van der Waals surface area contributed by atoms with Crippen LogP contribution in [0.2, 0.25) is 0 Å². The van der Waals surface area contributed by atoms with Crippen LogP contribution in [0.4, 0.5) is 21.7 Å². The van der Waals surface area contributed by atoms with Crippen molar-refractivity contribution in [2.45, 2.75) is 12.3 Å². The summed E-state index contributed by atoms with van der Waals surface area (Å²) in [6, 6.07) is 0. The van der Waals surface area contributed by atoms with E-state index >= 15 is 0 Å². The maximum atomic E-state index is 12.6. The van der Waals surface area contributed by atoms with E-state index in [2.05, 4.69) is 6.58 Å². The first kappa shape index (κ1) is 16.1. The van der Waals surface area contributed by atoms with E-state index in [0.717, 1.165) is 4.90 Å². The first-order chi connectivity index (χ1) is 6.21. The van der Waals surface area contributed by atoms with Crippen LogP contribution in [0.5, 0.6) is 0 Å². The van der Waals surface area contributed by atoms with E-state index in [-0.39, 0.29) is 64.4 Å². The van der Waals surface area contributed by atoms with E-state index in [0.29, 0.717) is 0 Å². The second kappa shape index (κ2) is 5.59. The molecule has 0 atom stereocenters. The molecule has 8 heteroatoms. The van der Waals surface area contributed by atoms with Gasteiger partial charge in [0, 0.05) is 13.0 Å². The van der Waals surface area contributed by atoms with Gasteiger partial charge in [0.1, 0.15) is 0 Å². The van der Waals surface area contributed by atoms with Crippen molar-refractivity contribution in [3.63, 3.8) is 0 Å². The number of likely N-dealkylation sites (tertiary alicyclic amines) is 1. The minimum Gasteiger partial charge on any atom is -0.445 e. The normalized spacial score (nSPS) is 21.1. The Morgan fingerprint density at radius 2 is 1.87 bits per heavy atom. The van der Waals surface area contributed by atoms with Gasteiger partial charge in [0.05, 0.1) is 6.54 Å². The molecule has 0 saturated carbocycles. The van der Waals surface area contributed by atoms with E-state index in [1.165, 1.54) is 0 Å². The Bertz CT molecular complexity index is 242. The maximum absolute atomic E-state index is 12.6. The topological polar surface area (TPSA) is 3.24 Å². The minimum atomic E-state index is -5.10. The van der Waals surface area contributed by atoms with Crippen molar-refractivity contribution < 1.29 is 73.1 Å². The van der Waals surface area contributed by atoms with E-state index in [9.17, 15) is 21.7 Å². The molecular weight excluding hydrogens is 243 g/mol. The molecule has 1 rings (SSSR count). The Labute approximate surface area is 128 Å². The number of nitrogens with zero attached hydrogens (tertiary/aromatic N) is 1. The summed E-state index contributed by atoms with van der Waals surface area (Å²) < 4.78 is 61.3. The van der Waals surface area contributed by atoms with E-state index in [4.69, 9.17) is 0 Å². The fraction of sp³-hybridized carbons (Fsp3) is 0.714. The van der Waals surface area contributed by atoms with Crippen LogP contribution in [0, 0.1) is 0 Å². The van der Waals surface area contributed by atoms with Crippen LogP contribution in [0.1, 0.15) is 6.42 Å². The average molecular weight is 253 g/mol. The van der Waals surface area contributed by atoms with Gasteiger partial charge in [-0.2, -0.15) is 0 Å². The molecule has 0 radical (unpaired) electrons. The van der Waals surface area contributed by atoms with Gasteiger partial charge in [0.25, 0.3) is 5.92 Å². The molecule has 82 valence electrons. The summed E-state index contributed by atoms with van der Waals surface area (Å²) in [7, 11) is 0. The molecule has 1 nitrogen and oxygen atoms in total. The summed E-state index contributed by atoms with van der Waals surface area (Å²) in [6.45, 7) is -3.35. The molecule has 0 bridgehead atoms. The van der Waals surface area contributed by atoms with Crippen LogP contribution in [0.25, 0.3) is 0 Å². The summed E-state index contributed by atoms with van der Waals surface area (Å²) in [5.41, 5.74) is -0.914. The molecular formula is C7H10BF5KN. The quantitative estimate of drug-likeness (QED) is 0.473. The average Bonchev–Trinajstić information content (AvgIpc) is 2.28. The van der Waals surface area contributed by atoms with Crippen LogP contribution in [0.3, 0.4) is 0 Å². The fourth-order valence-corrected chi connectivity index (χ4v) is 1.33. The number of halogens is 5. The largest absolute Gasteiger partial charge is 1.00 e. The summed E-state index contributed by atoms with van der Waals surface area (Å²) in [4.78, 5) is 1.08. The second-order valence-corrected chi connectivity index (χ2v) is 3.55. The third-order valence-electron chi connectivity index (χ3n) is 2.14. The van der Waals surface area contributed by atoms with Crippen molar-refractivity contribution in [1.82, 2.24) is 4.90 Å². The number of rotatable bonds is 3. The first-order valence-corrected chi connectivity index (χ1v) is 4.18. The van der Waals surface area contributed by atoms with Gasteiger partial charge in [0.15, 0.2) is 0 Å². The standard InChI is InChI=1S/C7H10BF5N.K/c1-6(8(11,12)13)4-14-3-2-7(9,10)5-14;/h1-5H2;/q-1;+1. The molecule has 0 amide bonds. The van der Waals surface area contributed by atoms with Gasteiger partial charge in [-0.15, -0.1) is 12.1 Å². The Morgan fingerprint density at radius 3 is 2.20 bits per heavy atom. The summed E-state index contributed by atoms with van der Waals surface area (Å²) >= 11 is 0. The zero-order valence-corrected chi connectivity index (χ0v) is 11.6. The van der Waals surface area contributed by atoms with Gasteiger partial charge in [-0.05, 0) is 6.54 Å². The summed E-state index contributed by atoms with van der Waals surface area (Å²) in [5.74, 6) is -2.85. The van der Waals surface area contributed by atoms with Crippen LogP contribution in [-0.4, -0.2) is 37.4 Å². The third-order valence-corrected chi connectivity index (χ3v) is 2.14. The van der Waals surface area contributed by atoms with Crippen molar-refractivity contribution >= 4 is 6.98 Å².